The predicted molar refractivity (Wildman–Crippen MR) is 76.0 cm³/mol. The van der Waals surface area contributed by atoms with Crippen LogP contribution in [0.3, 0.4) is 0 Å². The highest BCUT2D eigenvalue weighted by Crippen LogP contribution is 2.48. The third-order valence-corrected chi connectivity index (χ3v) is 3.24. The lowest BCUT2D eigenvalue weighted by Crippen LogP contribution is -2.08. The highest BCUT2D eigenvalue weighted by molar-refractivity contribution is 6.30. The highest BCUT2D eigenvalue weighted by atomic mass is 35.5. The van der Waals surface area contributed by atoms with Gasteiger partial charge in [-0.15, -0.1) is 0 Å². The van der Waals surface area contributed by atoms with E-state index < -0.39 is 16.6 Å². The monoisotopic (exact) mass is 321 g/mol. The number of carbonyl (C=O) groups excluding carboxylic acids is 1. The van der Waals surface area contributed by atoms with Crippen LogP contribution in [0.15, 0.2) is 30.3 Å². The minimum absolute atomic E-state index is 0.120. The maximum absolute atomic E-state index is 11.7. The van der Waals surface area contributed by atoms with Gasteiger partial charge in [-0.2, -0.15) is 0 Å². The van der Waals surface area contributed by atoms with Crippen LogP contribution in [0.4, 0.5) is 5.69 Å². The molecule has 1 aliphatic heterocycles. The molecule has 2 aromatic rings. The quantitative estimate of drug-likeness (QED) is 0.403. The fraction of sp³-hybridized carbons (Fsp3) is 0.0714. The van der Waals surface area contributed by atoms with Gasteiger partial charge in [-0.1, -0.05) is 11.6 Å². The van der Waals surface area contributed by atoms with Crippen LogP contribution in [0.5, 0.6) is 23.0 Å². The third-order valence-electron chi connectivity index (χ3n) is 3.01. The smallest absolute Gasteiger partial charge is 0.345 e. The lowest BCUT2D eigenvalue weighted by atomic mass is 10.1. The molecule has 2 aromatic carbocycles. The number of nitrogens with zero attached hydrogens (tertiary/aromatic N) is 1. The second-order valence-electron chi connectivity index (χ2n) is 4.36. The summed E-state index contributed by atoms with van der Waals surface area (Å²) in [6.45, 7) is 0. The first kappa shape index (κ1) is 14.2. The van der Waals surface area contributed by atoms with E-state index >= 15 is 0 Å². The Morgan fingerprint density at radius 3 is 2.45 bits per heavy atom. The second kappa shape index (κ2) is 5.19. The molecule has 3 rings (SSSR count). The summed E-state index contributed by atoms with van der Waals surface area (Å²) in [4.78, 5) is 22.1. The van der Waals surface area contributed by atoms with Gasteiger partial charge in [0.1, 0.15) is 5.56 Å². The maximum Gasteiger partial charge on any atom is 0.345 e. The zero-order valence-electron chi connectivity index (χ0n) is 11.2. The molecular formula is C14H8ClNO6. The summed E-state index contributed by atoms with van der Waals surface area (Å²) in [6, 6.07) is 7.07. The van der Waals surface area contributed by atoms with E-state index in [4.69, 9.17) is 21.1 Å². The van der Waals surface area contributed by atoms with Crippen molar-refractivity contribution >= 4 is 23.3 Å². The minimum atomic E-state index is -0.833. The number of benzene rings is 2. The number of halogens is 1. The van der Waals surface area contributed by atoms with Gasteiger partial charge < -0.3 is 14.2 Å². The molecule has 0 bridgehead atoms. The first-order valence-corrected chi connectivity index (χ1v) is 6.43. The molecule has 8 heteroatoms. The summed E-state index contributed by atoms with van der Waals surface area (Å²) in [5, 5.41) is 11.5. The Balaban J connectivity index is 2.12. The van der Waals surface area contributed by atoms with E-state index in [1.807, 2.05) is 0 Å². The molecule has 0 saturated heterocycles. The number of rotatable bonds is 2. The van der Waals surface area contributed by atoms with Gasteiger partial charge in [0.15, 0.2) is 23.0 Å². The molecule has 0 atom stereocenters. The molecular weight excluding hydrogens is 314 g/mol. The number of hydrogen-bond acceptors (Lipinski definition) is 6. The molecule has 0 aliphatic carbocycles. The molecule has 0 N–H and O–H groups in total. The Kier molecular flexibility index (Phi) is 3.34. The van der Waals surface area contributed by atoms with Crippen LogP contribution in [0.2, 0.25) is 5.02 Å². The van der Waals surface area contributed by atoms with E-state index in [-0.39, 0.29) is 17.1 Å². The largest absolute Gasteiger partial charge is 0.465 e. The summed E-state index contributed by atoms with van der Waals surface area (Å²) in [7, 11) is 1.14. The van der Waals surface area contributed by atoms with E-state index in [0.29, 0.717) is 16.5 Å². The molecule has 0 fully saturated rings. The van der Waals surface area contributed by atoms with Gasteiger partial charge in [-0.3, -0.25) is 10.1 Å². The van der Waals surface area contributed by atoms with E-state index in [0.717, 1.165) is 13.2 Å². The maximum atomic E-state index is 11.7. The zero-order valence-corrected chi connectivity index (χ0v) is 11.9. The van der Waals surface area contributed by atoms with Crippen molar-refractivity contribution in [1.82, 2.24) is 0 Å². The Labute approximate surface area is 129 Å². The van der Waals surface area contributed by atoms with Gasteiger partial charge >= 0.3 is 5.97 Å². The van der Waals surface area contributed by atoms with E-state index in [1.165, 1.54) is 12.1 Å². The van der Waals surface area contributed by atoms with Crippen molar-refractivity contribution < 1.29 is 23.9 Å². The average Bonchev–Trinajstić information content (AvgIpc) is 2.50. The van der Waals surface area contributed by atoms with Gasteiger partial charge in [0.25, 0.3) is 5.69 Å². The lowest BCUT2D eigenvalue weighted by molar-refractivity contribution is -0.385. The van der Waals surface area contributed by atoms with Gasteiger partial charge in [0.05, 0.1) is 18.1 Å². The second-order valence-corrected chi connectivity index (χ2v) is 4.80. The topological polar surface area (TPSA) is 87.9 Å². The van der Waals surface area contributed by atoms with Crippen molar-refractivity contribution in [1.29, 1.82) is 0 Å². The average molecular weight is 322 g/mol. The van der Waals surface area contributed by atoms with Crippen molar-refractivity contribution in [3.8, 4) is 23.0 Å². The van der Waals surface area contributed by atoms with E-state index in [2.05, 4.69) is 4.74 Å². The minimum Gasteiger partial charge on any atom is -0.465 e. The molecule has 1 aliphatic rings. The molecule has 0 amide bonds. The Bertz CT molecular complexity index is 804. The van der Waals surface area contributed by atoms with Gasteiger partial charge in [-0.25, -0.2) is 4.79 Å². The first-order valence-electron chi connectivity index (χ1n) is 6.05. The Morgan fingerprint density at radius 2 is 1.77 bits per heavy atom. The number of fused-ring (bicyclic) bond motifs is 2. The Hall–Kier alpha value is -2.80. The van der Waals surface area contributed by atoms with Crippen LogP contribution in [0.1, 0.15) is 10.4 Å². The first-order chi connectivity index (χ1) is 10.5. The molecule has 1 heterocycles. The van der Waals surface area contributed by atoms with Crippen LogP contribution in [0, 0.1) is 10.1 Å². The van der Waals surface area contributed by atoms with Gasteiger partial charge in [-0.05, 0) is 12.1 Å². The number of nitro groups is 1. The van der Waals surface area contributed by atoms with Gasteiger partial charge in [0.2, 0.25) is 0 Å². The van der Waals surface area contributed by atoms with E-state index in [9.17, 15) is 14.9 Å². The number of nitro benzene ring substituents is 1. The van der Waals surface area contributed by atoms with Crippen LogP contribution in [0.25, 0.3) is 0 Å². The fourth-order valence-corrected chi connectivity index (χ4v) is 2.18. The van der Waals surface area contributed by atoms with Crippen LogP contribution in [-0.2, 0) is 4.74 Å². The lowest BCUT2D eigenvalue weighted by Gasteiger charge is -2.20. The van der Waals surface area contributed by atoms with Crippen molar-refractivity contribution in [3.05, 3.63) is 51.0 Å². The molecule has 0 aromatic heterocycles. The zero-order chi connectivity index (χ0) is 15.9. The van der Waals surface area contributed by atoms with Crippen LogP contribution < -0.4 is 9.47 Å². The summed E-state index contributed by atoms with van der Waals surface area (Å²) in [6.07, 6.45) is 0. The summed E-state index contributed by atoms with van der Waals surface area (Å²) in [5.74, 6) is 0.191. The van der Waals surface area contributed by atoms with Gasteiger partial charge in [0, 0.05) is 17.2 Å². The van der Waals surface area contributed by atoms with Crippen molar-refractivity contribution in [2.45, 2.75) is 0 Å². The summed E-state index contributed by atoms with van der Waals surface area (Å²) >= 11 is 5.87. The number of esters is 1. The highest BCUT2D eigenvalue weighted by Gasteiger charge is 2.28. The molecule has 0 spiro atoms. The summed E-state index contributed by atoms with van der Waals surface area (Å²) in [5.41, 5.74) is -0.646. The van der Waals surface area contributed by atoms with E-state index in [1.54, 1.807) is 12.1 Å². The van der Waals surface area contributed by atoms with Crippen molar-refractivity contribution in [2.24, 2.45) is 0 Å². The fourth-order valence-electron chi connectivity index (χ4n) is 2.02. The Morgan fingerprint density at radius 1 is 1.14 bits per heavy atom. The molecule has 0 unspecified atom stereocenters. The van der Waals surface area contributed by atoms with Crippen LogP contribution in [-0.4, -0.2) is 18.0 Å². The SMILES string of the molecule is COC(=O)c1cc2c(cc1[N+](=O)[O-])Oc1cc(Cl)ccc1O2. The normalized spacial score (nSPS) is 11.5. The summed E-state index contributed by atoms with van der Waals surface area (Å²) < 4.78 is 15.7. The molecule has 22 heavy (non-hydrogen) atoms. The number of carbonyl (C=O) groups is 1. The number of methoxy groups -OCH3 is 1. The molecule has 112 valence electrons. The molecule has 7 nitrogen and oxygen atoms in total. The predicted octanol–water partition coefficient (Wildman–Crippen LogP) is 3.93. The molecule has 0 radical (unpaired) electrons. The molecule has 0 saturated carbocycles. The van der Waals surface area contributed by atoms with Crippen LogP contribution >= 0.6 is 11.6 Å². The van der Waals surface area contributed by atoms with Crippen molar-refractivity contribution in [2.75, 3.05) is 7.11 Å². The van der Waals surface area contributed by atoms with Crippen molar-refractivity contribution in [3.63, 3.8) is 0 Å². The number of hydrogen-bond donors (Lipinski definition) is 0. The standard InChI is InChI=1S/C14H8ClNO6/c1-20-14(17)8-5-12-13(6-9(8)16(18)19)22-11-4-7(15)2-3-10(11)21-12/h2-6H,1H3. The third kappa shape index (κ3) is 2.31. The number of ether oxygens (including phenoxy) is 3.